The first kappa shape index (κ1) is 16.2. The van der Waals surface area contributed by atoms with E-state index < -0.39 is 11.7 Å². The number of carbonyl (C=O) groups is 2. The van der Waals surface area contributed by atoms with Crippen LogP contribution in [0.5, 0.6) is 0 Å². The van der Waals surface area contributed by atoms with Crippen LogP contribution < -0.4 is 10.6 Å². The molecule has 0 aromatic heterocycles. The molecule has 2 rings (SSSR count). The highest BCUT2D eigenvalue weighted by molar-refractivity contribution is 9.10. The first-order chi connectivity index (χ1) is 10.5. The summed E-state index contributed by atoms with van der Waals surface area (Å²) in [5, 5.41) is 5.08. The lowest BCUT2D eigenvalue weighted by Crippen LogP contribution is -2.33. The van der Waals surface area contributed by atoms with E-state index in [4.69, 9.17) is 0 Å². The van der Waals surface area contributed by atoms with Crippen molar-refractivity contribution in [3.63, 3.8) is 0 Å². The first-order valence-corrected chi connectivity index (χ1v) is 7.35. The quantitative estimate of drug-likeness (QED) is 0.874. The van der Waals surface area contributed by atoms with Crippen LogP contribution in [0.2, 0.25) is 0 Å². The molecule has 0 fully saturated rings. The Hall–Kier alpha value is -2.21. The molecule has 0 radical (unpaired) electrons. The number of nitrogens with one attached hydrogen (secondary N) is 2. The Labute approximate surface area is 135 Å². The van der Waals surface area contributed by atoms with Crippen molar-refractivity contribution in [1.29, 1.82) is 0 Å². The highest BCUT2D eigenvalue weighted by atomic mass is 79.9. The lowest BCUT2D eigenvalue weighted by atomic mass is 10.2. The van der Waals surface area contributed by atoms with E-state index in [0.29, 0.717) is 11.3 Å². The summed E-state index contributed by atoms with van der Waals surface area (Å²) in [6.45, 7) is 1.57. The summed E-state index contributed by atoms with van der Waals surface area (Å²) in [6.07, 6.45) is 0. The van der Waals surface area contributed by atoms with Crippen molar-refractivity contribution < 1.29 is 14.0 Å². The van der Waals surface area contributed by atoms with Crippen molar-refractivity contribution in [2.24, 2.45) is 0 Å². The van der Waals surface area contributed by atoms with Gasteiger partial charge in [-0.1, -0.05) is 28.1 Å². The molecule has 2 aromatic rings. The van der Waals surface area contributed by atoms with E-state index in [9.17, 15) is 14.0 Å². The molecule has 0 atom stereocenters. The molecule has 0 unspecified atom stereocenters. The van der Waals surface area contributed by atoms with Gasteiger partial charge >= 0.3 is 0 Å². The maximum Gasteiger partial charge on any atom is 0.251 e. The van der Waals surface area contributed by atoms with Crippen molar-refractivity contribution >= 4 is 33.4 Å². The minimum absolute atomic E-state index is 0.193. The monoisotopic (exact) mass is 364 g/mol. The largest absolute Gasteiger partial charge is 0.343 e. The van der Waals surface area contributed by atoms with Crippen molar-refractivity contribution in [2.45, 2.75) is 6.92 Å². The average Bonchev–Trinajstić information content (AvgIpc) is 2.48. The lowest BCUT2D eigenvalue weighted by Gasteiger charge is -2.09. The molecule has 2 aromatic carbocycles. The summed E-state index contributed by atoms with van der Waals surface area (Å²) >= 11 is 3.27. The van der Waals surface area contributed by atoms with Gasteiger partial charge in [0.1, 0.15) is 5.82 Å². The van der Waals surface area contributed by atoms with Gasteiger partial charge in [-0.2, -0.15) is 0 Å². The number of amides is 2. The number of aryl methyl sites for hydroxylation is 1. The smallest absolute Gasteiger partial charge is 0.251 e. The molecule has 0 heterocycles. The fourth-order valence-electron chi connectivity index (χ4n) is 1.82. The van der Waals surface area contributed by atoms with Gasteiger partial charge in [-0.3, -0.25) is 9.59 Å². The SMILES string of the molecule is Cc1ccc(F)cc1NC(=O)CNC(=O)c1cccc(Br)c1. The Kier molecular flexibility index (Phi) is 5.27. The number of rotatable bonds is 4. The molecule has 2 N–H and O–H groups in total. The van der Waals surface area contributed by atoms with Gasteiger partial charge in [-0.05, 0) is 42.8 Å². The van der Waals surface area contributed by atoms with Crippen LogP contribution in [0, 0.1) is 12.7 Å². The minimum Gasteiger partial charge on any atom is -0.343 e. The van der Waals surface area contributed by atoms with Gasteiger partial charge in [-0.15, -0.1) is 0 Å². The Morgan fingerprint density at radius 3 is 2.68 bits per heavy atom. The summed E-state index contributed by atoms with van der Waals surface area (Å²) in [6, 6.07) is 11.0. The molecule has 0 saturated heterocycles. The van der Waals surface area contributed by atoms with E-state index >= 15 is 0 Å². The molecule has 0 aliphatic rings. The van der Waals surface area contributed by atoms with Crippen molar-refractivity contribution in [2.75, 3.05) is 11.9 Å². The van der Waals surface area contributed by atoms with E-state index in [2.05, 4.69) is 26.6 Å². The third-order valence-corrected chi connectivity index (χ3v) is 3.46. The zero-order chi connectivity index (χ0) is 16.1. The summed E-state index contributed by atoms with van der Waals surface area (Å²) in [5.74, 6) is -1.21. The second-order valence-electron chi connectivity index (χ2n) is 4.70. The normalized spacial score (nSPS) is 10.1. The third-order valence-electron chi connectivity index (χ3n) is 2.97. The van der Waals surface area contributed by atoms with Gasteiger partial charge in [0.2, 0.25) is 5.91 Å². The van der Waals surface area contributed by atoms with Crippen LogP contribution in [0.3, 0.4) is 0 Å². The average molecular weight is 365 g/mol. The van der Waals surface area contributed by atoms with E-state index in [1.807, 2.05) is 0 Å². The van der Waals surface area contributed by atoms with Crippen molar-refractivity contribution in [3.8, 4) is 0 Å². The molecular weight excluding hydrogens is 351 g/mol. The van der Waals surface area contributed by atoms with Crippen LogP contribution in [-0.2, 0) is 4.79 Å². The molecule has 114 valence electrons. The maximum atomic E-state index is 13.1. The fourth-order valence-corrected chi connectivity index (χ4v) is 2.21. The van der Waals surface area contributed by atoms with E-state index in [0.717, 1.165) is 10.0 Å². The van der Waals surface area contributed by atoms with Gasteiger partial charge < -0.3 is 10.6 Å². The number of anilines is 1. The highest BCUT2D eigenvalue weighted by Gasteiger charge is 2.10. The number of benzene rings is 2. The third kappa shape index (κ3) is 4.39. The zero-order valence-corrected chi connectivity index (χ0v) is 13.4. The van der Waals surface area contributed by atoms with Crippen LogP contribution in [-0.4, -0.2) is 18.4 Å². The Bertz CT molecular complexity index is 719. The summed E-state index contributed by atoms with van der Waals surface area (Å²) in [7, 11) is 0. The van der Waals surface area contributed by atoms with Gasteiger partial charge in [0, 0.05) is 15.7 Å². The molecule has 22 heavy (non-hydrogen) atoms. The molecule has 0 saturated carbocycles. The second kappa shape index (κ2) is 7.17. The lowest BCUT2D eigenvalue weighted by molar-refractivity contribution is -0.115. The molecule has 0 spiro atoms. The van der Waals surface area contributed by atoms with E-state index in [-0.39, 0.29) is 12.5 Å². The first-order valence-electron chi connectivity index (χ1n) is 6.55. The number of carbonyl (C=O) groups excluding carboxylic acids is 2. The molecule has 4 nitrogen and oxygen atoms in total. The summed E-state index contributed by atoms with van der Waals surface area (Å²) in [5.41, 5.74) is 1.58. The Balaban J connectivity index is 1.93. The predicted octanol–water partition coefficient (Wildman–Crippen LogP) is 3.27. The number of hydrogen-bond acceptors (Lipinski definition) is 2. The zero-order valence-electron chi connectivity index (χ0n) is 11.8. The maximum absolute atomic E-state index is 13.1. The van der Waals surface area contributed by atoms with Gasteiger partial charge in [-0.25, -0.2) is 4.39 Å². The number of hydrogen-bond donors (Lipinski definition) is 2. The van der Waals surface area contributed by atoms with Gasteiger partial charge in [0.05, 0.1) is 6.54 Å². The Morgan fingerprint density at radius 1 is 1.18 bits per heavy atom. The summed E-state index contributed by atoms with van der Waals surface area (Å²) in [4.78, 5) is 23.7. The van der Waals surface area contributed by atoms with Crippen molar-refractivity contribution in [1.82, 2.24) is 5.32 Å². The fraction of sp³-hybridized carbons (Fsp3) is 0.125. The number of halogens is 2. The molecule has 0 aliphatic heterocycles. The van der Waals surface area contributed by atoms with Crippen LogP contribution in [0.15, 0.2) is 46.9 Å². The van der Waals surface area contributed by atoms with Gasteiger partial charge in [0.25, 0.3) is 5.91 Å². The topological polar surface area (TPSA) is 58.2 Å². The van der Waals surface area contributed by atoms with Crippen LogP contribution >= 0.6 is 15.9 Å². The standard InChI is InChI=1S/C16H14BrFN2O2/c1-10-5-6-13(18)8-14(10)20-15(21)9-19-16(22)11-3-2-4-12(17)7-11/h2-8H,9H2,1H3,(H,19,22)(H,20,21). The molecule has 0 aliphatic carbocycles. The molecule has 2 amide bonds. The van der Waals surface area contributed by atoms with Gasteiger partial charge in [0.15, 0.2) is 0 Å². The second-order valence-corrected chi connectivity index (χ2v) is 5.62. The van der Waals surface area contributed by atoms with Crippen molar-refractivity contribution in [3.05, 3.63) is 63.9 Å². The van der Waals surface area contributed by atoms with Crippen LogP contribution in [0.1, 0.15) is 15.9 Å². The molecular formula is C16H14BrFN2O2. The van der Waals surface area contributed by atoms with E-state index in [1.165, 1.54) is 12.1 Å². The predicted molar refractivity (Wildman–Crippen MR) is 86.2 cm³/mol. The highest BCUT2D eigenvalue weighted by Crippen LogP contribution is 2.15. The summed E-state index contributed by atoms with van der Waals surface area (Å²) < 4.78 is 13.9. The molecule has 0 bridgehead atoms. The van der Waals surface area contributed by atoms with E-state index in [1.54, 1.807) is 37.3 Å². The molecule has 6 heteroatoms. The minimum atomic E-state index is -0.431. The Morgan fingerprint density at radius 2 is 1.95 bits per heavy atom. The van der Waals surface area contributed by atoms with Crippen LogP contribution in [0.25, 0.3) is 0 Å². The van der Waals surface area contributed by atoms with Crippen LogP contribution in [0.4, 0.5) is 10.1 Å².